The number of carbonyl (C=O) groups excluding carboxylic acids is 8. The molecule has 3 rings (SSSR count). The van der Waals surface area contributed by atoms with Crippen molar-refractivity contribution in [1.29, 1.82) is 0 Å². The molecule has 2 aromatic carbocycles. The molecule has 21 heteroatoms. The Balaban J connectivity index is 1.89. The Morgan fingerprint density at radius 3 is 1.74 bits per heavy atom. The van der Waals surface area contributed by atoms with Crippen molar-refractivity contribution in [2.75, 3.05) is 25.1 Å². The van der Waals surface area contributed by atoms with Crippen LogP contribution in [0.2, 0.25) is 0 Å². The highest BCUT2D eigenvalue weighted by Gasteiger charge is 2.40. The SMILES string of the molecule is CSCC[C@H](NC(=O)[C@H](CC(C)C)NC(=O)[C@H](Cc1ccccc1)NC(=O)[C@@H](NC(=O)[C@H](Cc1ccccc1)NC(=O)[C@@H]1CCCN1C(=O)[C@H](CCCCN)NC(=O)[C@@H](N)CC(N)=O)C(C)C)C(=O)O. The number of thioether (sulfide) groups is 1. The summed E-state index contributed by atoms with van der Waals surface area (Å²) < 4.78 is 0. The smallest absolute Gasteiger partial charge is 0.326 e. The Morgan fingerprint density at radius 2 is 1.21 bits per heavy atom. The molecule has 1 aliphatic heterocycles. The molecule has 386 valence electrons. The fourth-order valence-corrected chi connectivity index (χ4v) is 8.49. The highest BCUT2D eigenvalue weighted by atomic mass is 32.2. The lowest BCUT2D eigenvalue weighted by atomic mass is 9.98. The second kappa shape index (κ2) is 29.9. The first-order valence-electron chi connectivity index (χ1n) is 23.9. The van der Waals surface area contributed by atoms with Gasteiger partial charge in [-0.25, -0.2) is 4.79 Å². The molecule has 0 aliphatic carbocycles. The molecule has 1 saturated heterocycles. The molecule has 1 fully saturated rings. The topological polar surface area (TPSA) is 327 Å². The number of hydrogen-bond donors (Lipinski definition) is 10. The van der Waals surface area contributed by atoms with Crippen LogP contribution in [0.5, 0.6) is 0 Å². The quantitative estimate of drug-likeness (QED) is 0.0470. The summed E-state index contributed by atoms with van der Waals surface area (Å²) >= 11 is 1.43. The van der Waals surface area contributed by atoms with Gasteiger partial charge in [0.25, 0.3) is 0 Å². The van der Waals surface area contributed by atoms with Crippen LogP contribution in [0.3, 0.4) is 0 Å². The number of benzene rings is 2. The van der Waals surface area contributed by atoms with E-state index >= 15 is 0 Å². The molecule has 0 bridgehead atoms. The van der Waals surface area contributed by atoms with Gasteiger partial charge in [-0.1, -0.05) is 88.4 Å². The number of nitrogens with zero attached hydrogens (tertiary/aromatic N) is 1. The van der Waals surface area contributed by atoms with Gasteiger partial charge in [-0.05, 0) is 86.5 Å². The maximum absolute atomic E-state index is 14.4. The van der Waals surface area contributed by atoms with Crippen molar-refractivity contribution >= 4 is 65.0 Å². The molecular weight excluding hydrogens is 921 g/mol. The molecule has 1 heterocycles. The molecular formula is C49H74N10O10S. The number of unbranched alkanes of at least 4 members (excludes halogenated alkanes) is 1. The predicted octanol–water partition coefficient (Wildman–Crippen LogP) is 0.243. The van der Waals surface area contributed by atoms with Crippen molar-refractivity contribution in [3.63, 3.8) is 0 Å². The fourth-order valence-electron chi connectivity index (χ4n) is 8.02. The third-order valence-electron chi connectivity index (χ3n) is 11.8. The minimum absolute atomic E-state index is 0.000298. The summed E-state index contributed by atoms with van der Waals surface area (Å²) in [5, 5.41) is 26.1. The second-order valence-corrected chi connectivity index (χ2v) is 19.4. The van der Waals surface area contributed by atoms with E-state index < -0.39 is 114 Å². The van der Waals surface area contributed by atoms with Gasteiger partial charge < -0.3 is 59.1 Å². The number of carboxylic acid groups (broad SMARTS) is 1. The van der Waals surface area contributed by atoms with Gasteiger partial charge in [0.05, 0.1) is 12.5 Å². The Hall–Kier alpha value is -6.06. The molecule has 8 atom stereocenters. The molecule has 0 saturated carbocycles. The van der Waals surface area contributed by atoms with Crippen LogP contribution >= 0.6 is 11.8 Å². The largest absolute Gasteiger partial charge is 0.480 e. The van der Waals surface area contributed by atoms with Crippen LogP contribution in [-0.2, 0) is 56.0 Å². The number of primary amides is 1. The highest BCUT2D eigenvalue weighted by molar-refractivity contribution is 7.98. The molecule has 13 N–H and O–H groups in total. The highest BCUT2D eigenvalue weighted by Crippen LogP contribution is 2.21. The summed E-state index contributed by atoms with van der Waals surface area (Å²) in [7, 11) is 0. The summed E-state index contributed by atoms with van der Waals surface area (Å²) in [6.07, 6.45) is 3.62. The molecule has 8 amide bonds. The van der Waals surface area contributed by atoms with Crippen LogP contribution < -0.4 is 49.1 Å². The summed E-state index contributed by atoms with van der Waals surface area (Å²) in [5.41, 5.74) is 18.2. The number of carboxylic acids is 1. The van der Waals surface area contributed by atoms with Crippen LogP contribution in [0, 0.1) is 11.8 Å². The van der Waals surface area contributed by atoms with E-state index in [0.717, 1.165) is 0 Å². The van der Waals surface area contributed by atoms with E-state index in [1.165, 1.54) is 16.7 Å². The molecule has 2 aromatic rings. The van der Waals surface area contributed by atoms with Gasteiger partial charge in [-0.3, -0.25) is 38.4 Å². The van der Waals surface area contributed by atoms with Crippen molar-refractivity contribution in [3.8, 4) is 0 Å². The lowest BCUT2D eigenvalue weighted by Gasteiger charge is -2.31. The van der Waals surface area contributed by atoms with E-state index in [4.69, 9.17) is 17.2 Å². The summed E-state index contributed by atoms with van der Waals surface area (Å²) in [5.74, 6) is -6.92. The predicted molar refractivity (Wildman–Crippen MR) is 266 cm³/mol. The van der Waals surface area contributed by atoms with Gasteiger partial charge in [-0.15, -0.1) is 0 Å². The standard InChI is InChI=1S/C49H74N10O10S/c1-29(2)25-36(43(62)54-35(49(68)69)21-24-70-5)55-44(63)37(26-31-15-8-6-9-16-31)57-47(66)41(30(3)4)58-45(64)38(27-32-17-10-7-11-18-32)56-46(65)39-20-14-23-59(39)48(67)34(19-12-13-22-50)53-42(61)33(51)28-40(52)60/h6-11,15-18,29-30,33-39,41H,12-14,19-28,50-51H2,1-5H3,(H2,52,60)(H,53,61)(H,54,62)(H,55,63)(H,56,65)(H,57,66)(H,58,64)(H,68,69)/t33-,34-,35-,36-,37-,38-,39-,41-/m0/s1. The van der Waals surface area contributed by atoms with Crippen LogP contribution in [0.1, 0.15) is 90.2 Å². The Morgan fingerprint density at radius 1 is 0.686 bits per heavy atom. The summed E-state index contributed by atoms with van der Waals surface area (Å²) in [4.78, 5) is 123. The van der Waals surface area contributed by atoms with E-state index in [0.29, 0.717) is 42.7 Å². The number of carbonyl (C=O) groups is 9. The average Bonchev–Trinajstić information content (AvgIpc) is 3.81. The van der Waals surface area contributed by atoms with Gasteiger partial charge in [0.2, 0.25) is 47.3 Å². The zero-order chi connectivity index (χ0) is 51.9. The van der Waals surface area contributed by atoms with Gasteiger partial charge >= 0.3 is 5.97 Å². The maximum atomic E-state index is 14.4. The molecule has 1 aliphatic rings. The van der Waals surface area contributed by atoms with E-state index in [-0.39, 0.29) is 51.0 Å². The van der Waals surface area contributed by atoms with Gasteiger partial charge in [-0.2, -0.15) is 11.8 Å². The van der Waals surface area contributed by atoms with E-state index in [1.54, 1.807) is 74.5 Å². The molecule has 0 aromatic heterocycles. The molecule has 0 spiro atoms. The van der Waals surface area contributed by atoms with Crippen molar-refractivity contribution in [2.45, 2.75) is 140 Å². The number of nitrogens with two attached hydrogens (primary N) is 3. The minimum Gasteiger partial charge on any atom is -0.480 e. The minimum atomic E-state index is -1.30. The summed E-state index contributed by atoms with van der Waals surface area (Å²) in [6, 6.07) is 8.27. The average molecular weight is 995 g/mol. The number of hydrogen-bond acceptors (Lipinski definition) is 12. The van der Waals surface area contributed by atoms with Crippen molar-refractivity contribution in [1.82, 2.24) is 36.8 Å². The lowest BCUT2D eigenvalue weighted by Crippen LogP contribution is -2.61. The Labute approximate surface area is 414 Å². The Bertz CT molecular complexity index is 2060. The van der Waals surface area contributed by atoms with Gasteiger partial charge in [0.15, 0.2) is 0 Å². The lowest BCUT2D eigenvalue weighted by molar-refractivity contribution is -0.142. The zero-order valence-electron chi connectivity index (χ0n) is 40.9. The Kier molecular flexibility index (Phi) is 24.8. The van der Waals surface area contributed by atoms with Gasteiger partial charge in [0.1, 0.15) is 42.3 Å². The van der Waals surface area contributed by atoms with E-state index in [2.05, 4.69) is 31.9 Å². The first-order chi connectivity index (χ1) is 33.2. The number of nitrogens with one attached hydrogen (secondary N) is 6. The summed E-state index contributed by atoms with van der Waals surface area (Å²) in [6.45, 7) is 7.62. The van der Waals surface area contributed by atoms with Crippen molar-refractivity contribution < 1.29 is 48.3 Å². The number of likely N-dealkylation sites (tertiary alicyclic amines) is 1. The van der Waals surface area contributed by atoms with Crippen LogP contribution in [-0.4, -0.2) is 137 Å². The van der Waals surface area contributed by atoms with Crippen LogP contribution in [0.4, 0.5) is 0 Å². The zero-order valence-corrected chi connectivity index (χ0v) is 41.8. The number of aliphatic carboxylic acids is 1. The molecule has 20 nitrogen and oxygen atoms in total. The number of rotatable bonds is 30. The van der Waals surface area contributed by atoms with E-state index in [1.807, 2.05) is 20.1 Å². The van der Waals surface area contributed by atoms with E-state index in [9.17, 15) is 48.3 Å². The molecule has 0 unspecified atom stereocenters. The number of amides is 8. The van der Waals surface area contributed by atoms with Crippen LogP contribution in [0.25, 0.3) is 0 Å². The first kappa shape index (κ1) is 58.3. The molecule has 70 heavy (non-hydrogen) atoms. The third kappa shape index (κ3) is 19.4. The normalized spacial score (nSPS) is 16.4. The van der Waals surface area contributed by atoms with Gasteiger partial charge in [0, 0.05) is 19.4 Å². The van der Waals surface area contributed by atoms with Crippen molar-refractivity contribution in [2.24, 2.45) is 29.0 Å². The third-order valence-corrected chi connectivity index (χ3v) is 12.4. The second-order valence-electron chi connectivity index (χ2n) is 18.4. The molecule has 0 radical (unpaired) electrons. The first-order valence-corrected chi connectivity index (χ1v) is 25.3. The van der Waals surface area contributed by atoms with Crippen LogP contribution in [0.15, 0.2) is 60.7 Å². The fraction of sp³-hybridized carbons (Fsp3) is 0.571. The maximum Gasteiger partial charge on any atom is 0.326 e. The monoisotopic (exact) mass is 995 g/mol. The van der Waals surface area contributed by atoms with Crippen molar-refractivity contribution in [3.05, 3.63) is 71.8 Å².